The first-order valence-corrected chi connectivity index (χ1v) is 14.1. The van der Waals surface area contributed by atoms with Crippen LogP contribution in [0.5, 0.6) is 5.75 Å². The van der Waals surface area contributed by atoms with Gasteiger partial charge in [0.15, 0.2) is 0 Å². The lowest BCUT2D eigenvalue weighted by Gasteiger charge is -2.37. The molecule has 1 N–H and O–H groups in total. The van der Waals surface area contributed by atoms with Gasteiger partial charge in [0.05, 0.1) is 16.2 Å². The standard InChI is InChI=1S/C33H28BrClN2O/c1-21-5-15-31-29(17-21)27-3-2-4-28(27)33(37-31)24-9-13-26(14-10-24)36-19-23-8-16-32(30(34)18-23)38-20-22-6-11-25(35)12-7-22/h2-3,5-19,27-28,33,37H,4,20H2,1H3/t27-,28+,33+/m1/s1. The van der Waals surface area contributed by atoms with Crippen LogP contribution >= 0.6 is 27.5 Å². The van der Waals surface area contributed by atoms with Crippen molar-refractivity contribution in [3.63, 3.8) is 0 Å². The molecule has 0 radical (unpaired) electrons. The fourth-order valence-corrected chi connectivity index (χ4v) is 6.05. The number of hydrogen-bond acceptors (Lipinski definition) is 3. The summed E-state index contributed by atoms with van der Waals surface area (Å²) in [5.74, 6) is 1.81. The van der Waals surface area contributed by atoms with Gasteiger partial charge in [-0.3, -0.25) is 4.99 Å². The molecular formula is C33H28BrClN2O. The van der Waals surface area contributed by atoms with E-state index in [1.807, 2.05) is 48.7 Å². The van der Waals surface area contributed by atoms with Crippen LogP contribution in [0.25, 0.3) is 0 Å². The number of aliphatic imine (C=N–C) groups is 1. The molecule has 1 aliphatic heterocycles. The quantitative estimate of drug-likeness (QED) is 0.181. The minimum Gasteiger partial charge on any atom is -0.488 e. The van der Waals surface area contributed by atoms with E-state index < -0.39 is 0 Å². The molecule has 0 saturated carbocycles. The number of allylic oxidation sites excluding steroid dienone is 2. The topological polar surface area (TPSA) is 33.6 Å². The van der Waals surface area contributed by atoms with E-state index in [1.165, 1.54) is 22.4 Å². The number of nitrogens with one attached hydrogen (secondary N) is 1. The number of nitrogens with zero attached hydrogens (tertiary/aromatic N) is 1. The smallest absolute Gasteiger partial charge is 0.134 e. The van der Waals surface area contributed by atoms with Gasteiger partial charge in [0.25, 0.3) is 0 Å². The SMILES string of the molecule is Cc1ccc2c(c1)[C@@H]1C=CC[C@@H]1[C@H](c1ccc(N=Cc3ccc(OCc4ccc(Cl)cc4)c(Br)c3)cc1)N2. The largest absolute Gasteiger partial charge is 0.488 e. The van der Waals surface area contributed by atoms with Gasteiger partial charge in [-0.2, -0.15) is 0 Å². The molecule has 5 heteroatoms. The van der Waals surface area contributed by atoms with Crippen LogP contribution in [0.1, 0.15) is 46.2 Å². The average Bonchev–Trinajstić information content (AvgIpc) is 3.43. The molecule has 0 unspecified atom stereocenters. The Morgan fingerprint density at radius 2 is 1.82 bits per heavy atom. The van der Waals surface area contributed by atoms with Crippen molar-refractivity contribution < 1.29 is 4.74 Å². The molecule has 1 heterocycles. The van der Waals surface area contributed by atoms with E-state index in [4.69, 9.17) is 21.3 Å². The Bertz CT molecular complexity index is 1510. The third-order valence-electron chi connectivity index (χ3n) is 7.40. The maximum absolute atomic E-state index is 5.96. The molecule has 3 atom stereocenters. The van der Waals surface area contributed by atoms with Crippen molar-refractivity contribution in [2.24, 2.45) is 10.9 Å². The second-order valence-corrected chi connectivity index (χ2v) is 11.3. The number of benzene rings is 4. The van der Waals surface area contributed by atoms with Crippen LogP contribution in [0, 0.1) is 12.8 Å². The number of ether oxygens (including phenoxy) is 1. The van der Waals surface area contributed by atoms with Crippen molar-refractivity contribution in [1.29, 1.82) is 0 Å². The minimum absolute atomic E-state index is 0.291. The zero-order valence-electron chi connectivity index (χ0n) is 21.1. The fourth-order valence-electron chi connectivity index (χ4n) is 5.42. The lowest BCUT2D eigenvalue weighted by molar-refractivity contribution is 0.304. The Morgan fingerprint density at radius 1 is 1.00 bits per heavy atom. The van der Waals surface area contributed by atoms with E-state index in [0.717, 1.165) is 38.5 Å². The summed E-state index contributed by atoms with van der Waals surface area (Å²) in [6.45, 7) is 2.65. The number of rotatable bonds is 6. The third-order valence-corrected chi connectivity index (χ3v) is 8.27. The number of hydrogen-bond donors (Lipinski definition) is 1. The number of anilines is 1. The van der Waals surface area contributed by atoms with Crippen molar-refractivity contribution in [2.75, 3.05) is 5.32 Å². The van der Waals surface area contributed by atoms with Crippen molar-refractivity contribution in [3.8, 4) is 5.75 Å². The Labute approximate surface area is 237 Å². The Balaban J connectivity index is 1.12. The van der Waals surface area contributed by atoms with E-state index >= 15 is 0 Å². The van der Waals surface area contributed by atoms with Crippen molar-refractivity contribution in [1.82, 2.24) is 0 Å². The van der Waals surface area contributed by atoms with E-state index in [-0.39, 0.29) is 0 Å². The minimum atomic E-state index is 0.291. The molecular weight excluding hydrogens is 556 g/mol. The van der Waals surface area contributed by atoms with Gasteiger partial charge < -0.3 is 10.1 Å². The predicted octanol–water partition coefficient (Wildman–Crippen LogP) is 9.57. The molecule has 0 spiro atoms. The van der Waals surface area contributed by atoms with Gasteiger partial charge in [-0.1, -0.05) is 65.7 Å². The van der Waals surface area contributed by atoms with E-state index in [0.29, 0.717) is 24.5 Å². The summed E-state index contributed by atoms with van der Waals surface area (Å²) in [5.41, 5.74) is 8.30. The molecule has 0 fully saturated rings. The maximum atomic E-state index is 5.96. The predicted molar refractivity (Wildman–Crippen MR) is 161 cm³/mol. The molecule has 0 amide bonds. The summed E-state index contributed by atoms with van der Waals surface area (Å²) in [7, 11) is 0. The molecule has 190 valence electrons. The van der Waals surface area contributed by atoms with Gasteiger partial charge in [0.2, 0.25) is 0 Å². The summed E-state index contributed by atoms with van der Waals surface area (Å²) in [6, 6.07) is 29.3. The van der Waals surface area contributed by atoms with Crippen molar-refractivity contribution >= 4 is 45.1 Å². The Hall–Kier alpha value is -3.34. The second-order valence-electron chi connectivity index (χ2n) is 10.0. The number of halogens is 2. The van der Waals surface area contributed by atoms with E-state index in [1.54, 1.807) is 0 Å². The molecule has 2 aliphatic rings. The Kier molecular flexibility index (Phi) is 7.10. The van der Waals surface area contributed by atoms with Gasteiger partial charge in [-0.25, -0.2) is 0 Å². The summed E-state index contributed by atoms with van der Waals surface area (Å²) in [4.78, 5) is 4.72. The molecule has 0 aromatic heterocycles. The molecule has 0 saturated heterocycles. The molecule has 0 bridgehead atoms. The zero-order valence-corrected chi connectivity index (χ0v) is 23.4. The average molecular weight is 584 g/mol. The molecule has 6 rings (SSSR count). The highest BCUT2D eigenvalue weighted by Crippen LogP contribution is 2.50. The maximum Gasteiger partial charge on any atom is 0.134 e. The second kappa shape index (κ2) is 10.8. The summed E-state index contributed by atoms with van der Waals surface area (Å²) in [6.07, 6.45) is 7.72. The Morgan fingerprint density at radius 3 is 2.61 bits per heavy atom. The highest BCUT2D eigenvalue weighted by atomic mass is 79.9. The monoisotopic (exact) mass is 582 g/mol. The van der Waals surface area contributed by atoms with Crippen LogP contribution in [0.3, 0.4) is 0 Å². The van der Waals surface area contributed by atoms with Crippen LogP contribution in [0.4, 0.5) is 11.4 Å². The highest BCUT2D eigenvalue weighted by Gasteiger charge is 2.37. The normalized spacial score (nSPS) is 19.7. The van der Waals surface area contributed by atoms with Crippen LogP contribution in [0.2, 0.25) is 5.02 Å². The van der Waals surface area contributed by atoms with Crippen LogP contribution < -0.4 is 10.1 Å². The lowest BCUT2D eigenvalue weighted by atomic mass is 9.76. The molecule has 38 heavy (non-hydrogen) atoms. The first-order chi connectivity index (χ1) is 18.5. The number of fused-ring (bicyclic) bond motifs is 3. The van der Waals surface area contributed by atoms with Crippen LogP contribution in [-0.4, -0.2) is 6.21 Å². The van der Waals surface area contributed by atoms with Gasteiger partial charge >= 0.3 is 0 Å². The van der Waals surface area contributed by atoms with Crippen LogP contribution in [0.15, 0.2) is 107 Å². The van der Waals surface area contributed by atoms with Crippen LogP contribution in [-0.2, 0) is 6.61 Å². The highest BCUT2D eigenvalue weighted by molar-refractivity contribution is 9.10. The van der Waals surface area contributed by atoms with Crippen molar-refractivity contribution in [2.45, 2.75) is 31.9 Å². The first-order valence-electron chi connectivity index (χ1n) is 12.9. The molecule has 4 aromatic rings. The van der Waals surface area contributed by atoms with Gasteiger partial charge in [0, 0.05) is 22.8 Å². The summed E-state index contributed by atoms with van der Waals surface area (Å²) in [5, 5.41) is 4.54. The lowest BCUT2D eigenvalue weighted by Crippen LogP contribution is -2.29. The molecule has 3 nitrogen and oxygen atoms in total. The van der Waals surface area contributed by atoms with Gasteiger partial charge in [0.1, 0.15) is 12.4 Å². The fraction of sp³-hybridized carbons (Fsp3) is 0.182. The third kappa shape index (κ3) is 5.29. The van der Waals surface area contributed by atoms with Gasteiger partial charge in [-0.05, 0) is 106 Å². The van der Waals surface area contributed by atoms with Gasteiger partial charge in [-0.15, -0.1) is 0 Å². The molecule has 1 aliphatic carbocycles. The van der Waals surface area contributed by atoms with E-state index in [9.17, 15) is 0 Å². The first kappa shape index (κ1) is 25.0. The summed E-state index contributed by atoms with van der Waals surface area (Å²) < 4.78 is 6.86. The molecule has 4 aromatic carbocycles. The van der Waals surface area contributed by atoms with Crippen molar-refractivity contribution in [3.05, 3.63) is 134 Å². The zero-order chi connectivity index (χ0) is 26.1. The van der Waals surface area contributed by atoms with E-state index in [2.05, 4.69) is 82.8 Å². The number of aryl methyl sites for hydroxylation is 1. The summed E-state index contributed by atoms with van der Waals surface area (Å²) >= 11 is 9.59.